The van der Waals surface area contributed by atoms with Gasteiger partial charge < -0.3 is 4.52 Å². The summed E-state index contributed by atoms with van der Waals surface area (Å²) in [7, 11) is 0. The zero-order chi connectivity index (χ0) is 12.5. The van der Waals surface area contributed by atoms with Crippen LogP contribution in [-0.4, -0.2) is 24.7 Å². The van der Waals surface area contributed by atoms with E-state index in [2.05, 4.69) is 20.3 Å². The van der Waals surface area contributed by atoms with E-state index >= 15 is 0 Å². The highest BCUT2D eigenvalue weighted by molar-refractivity contribution is 6.16. The van der Waals surface area contributed by atoms with E-state index in [-0.39, 0.29) is 0 Å². The maximum Gasteiger partial charge on any atom is 0.259 e. The normalized spacial score (nSPS) is 11.2. The van der Waals surface area contributed by atoms with Crippen molar-refractivity contribution in [3.8, 4) is 11.5 Å². The van der Waals surface area contributed by atoms with Gasteiger partial charge in [-0.15, -0.1) is 21.8 Å². The highest BCUT2D eigenvalue weighted by Crippen LogP contribution is 2.18. The molecule has 3 aromatic rings. The van der Waals surface area contributed by atoms with E-state index in [1.165, 1.54) is 0 Å². The van der Waals surface area contributed by atoms with E-state index in [9.17, 15) is 0 Å². The van der Waals surface area contributed by atoms with Crippen molar-refractivity contribution in [1.29, 1.82) is 0 Å². The summed E-state index contributed by atoms with van der Waals surface area (Å²) >= 11 is 5.80. The van der Waals surface area contributed by atoms with Crippen molar-refractivity contribution < 1.29 is 4.52 Å². The Morgan fingerprint density at radius 2 is 2.22 bits per heavy atom. The van der Waals surface area contributed by atoms with Gasteiger partial charge in [0.2, 0.25) is 0 Å². The zero-order valence-electron chi connectivity index (χ0n) is 9.67. The van der Waals surface area contributed by atoms with Gasteiger partial charge in [0.25, 0.3) is 5.89 Å². The molecule has 6 nitrogen and oxygen atoms in total. The number of aryl methyl sites for hydroxylation is 1. The second-order valence-corrected chi connectivity index (χ2v) is 4.03. The second kappa shape index (κ2) is 4.38. The summed E-state index contributed by atoms with van der Waals surface area (Å²) < 4.78 is 7.01. The van der Waals surface area contributed by atoms with E-state index in [0.717, 1.165) is 17.6 Å². The first kappa shape index (κ1) is 11.2. The minimum atomic E-state index is 0.300. The van der Waals surface area contributed by atoms with Crippen LogP contribution < -0.4 is 0 Å². The van der Waals surface area contributed by atoms with Gasteiger partial charge in [-0.25, -0.2) is 0 Å². The molecule has 0 saturated heterocycles. The lowest BCUT2D eigenvalue weighted by atomic mass is 10.3. The van der Waals surface area contributed by atoms with Crippen LogP contribution in [0, 0.1) is 0 Å². The molecule has 0 N–H and O–H groups in total. The van der Waals surface area contributed by atoms with Crippen LogP contribution in [-0.2, 0) is 12.3 Å². The standard InChI is InChI=1S/C11H10ClN5O/c1-2-8-13-11(18-16-8)7-3-4-9-14-15-10(5-12)17(9)6-7/h3-4,6H,2,5H2,1H3. The Morgan fingerprint density at radius 3 is 2.94 bits per heavy atom. The molecule has 3 rings (SSSR count). The van der Waals surface area contributed by atoms with Crippen molar-refractivity contribution in [2.24, 2.45) is 0 Å². The number of rotatable bonds is 3. The molecule has 0 aliphatic rings. The summed E-state index contributed by atoms with van der Waals surface area (Å²) in [5, 5.41) is 11.9. The molecule has 0 radical (unpaired) electrons. The van der Waals surface area contributed by atoms with E-state index in [1.54, 1.807) is 0 Å². The maximum absolute atomic E-state index is 5.80. The fourth-order valence-electron chi connectivity index (χ4n) is 1.67. The fraction of sp³-hybridized carbons (Fsp3) is 0.273. The van der Waals surface area contributed by atoms with Gasteiger partial charge in [0.15, 0.2) is 17.3 Å². The van der Waals surface area contributed by atoms with Crippen molar-refractivity contribution in [3.63, 3.8) is 0 Å². The average Bonchev–Trinajstić information content (AvgIpc) is 3.04. The summed E-state index contributed by atoms with van der Waals surface area (Å²) in [5.41, 5.74) is 1.56. The first-order chi connectivity index (χ1) is 8.81. The van der Waals surface area contributed by atoms with Crippen molar-refractivity contribution >= 4 is 17.2 Å². The number of hydrogen-bond acceptors (Lipinski definition) is 5. The molecule has 18 heavy (non-hydrogen) atoms. The van der Waals surface area contributed by atoms with Crippen LogP contribution in [0.3, 0.4) is 0 Å². The SMILES string of the molecule is CCc1noc(-c2ccc3nnc(CCl)n3c2)n1. The Hall–Kier alpha value is -1.95. The van der Waals surface area contributed by atoms with Gasteiger partial charge in [-0.1, -0.05) is 12.1 Å². The van der Waals surface area contributed by atoms with Crippen molar-refractivity contribution in [1.82, 2.24) is 24.7 Å². The van der Waals surface area contributed by atoms with E-state index in [0.29, 0.717) is 23.4 Å². The van der Waals surface area contributed by atoms with Gasteiger partial charge in [-0.3, -0.25) is 4.40 Å². The molecule has 0 aromatic carbocycles. The molecule has 7 heteroatoms. The predicted octanol–water partition coefficient (Wildman–Crippen LogP) is 2.08. The molecular weight excluding hydrogens is 254 g/mol. The summed E-state index contributed by atoms with van der Waals surface area (Å²) in [6.07, 6.45) is 2.59. The quantitative estimate of drug-likeness (QED) is 0.677. The maximum atomic E-state index is 5.80. The number of hydrogen-bond donors (Lipinski definition) is 0. The zero-order valence-corrected chi connectivity index (χ0v) is 10.4. The van der Waals surface area contributed by atoms with E-state index in [1.807, 2.05) is 29.7 Å². The molecule has 3 heterocycles. The smallest absolute Gasteiger partial charge is 0.259 e. The molecule has 0 atom stereocenters. The first-order valence-electron chi connectivity index (χ1n) is 5.54. The van der Waals surface area contributed by atoms with Crippen molar-refractivity contribution in [3.05, 3.63) is 30.0 Å². The molecule has 92 valence electrons. The van der Waals surface area contributed by atoms with Crippen LogP contribution in [0.25, 0.3) is 17.1 Å². The molecule has 0 amide bonds. The molecule has 3 aromatic heterocycles. The Balaban J connectivity index is 2.11. The summed E-state index contributed by atoms with van der Waals surface area (Å²) in [6, 6.07) is 3.71. The lowest BCUT2D eigenvalue weighted by molar-refractivity contribution is 0.423. The van der Waals surface area contributed by atoms with Crippen LogP contribution in [0.15, 0.2) is 22.9 Å². The molecule has 0 unspecified atom stereocenters. The Morgan fingerprint density at radius 1 is 1.33 bits per heavy atom. The predicted molar refractivity (Wildman–Crippen MR) is 65.2 cm³/mol. The first-order valence-corrected chi connectivity index (χ1v) is 6.08. The van der Waals surface area contributed by atoms with Crippen molar-refractivity contribution in [2.75, 3.05) is 0 Å². The van der Waals surface area contributed by atoms with Gasteiger partial charge in [-0.05, 0) is 12.1 Å². The lowest BCUT2D eigenvalue weighted by Crippen LogP contribution is -1.92. The molecule has 0 aliphatic heterocycles. The molecule has 0 bridgehead atoms. The average molecular weight is 264 g/mol. The van der Waals surface area contributed by atoms with Crippen LogP contribution >= 0.6 is 11.6 Å². The fourth-order valence-corrected chi connectivity index (χ4v) is 1.85. The number of nitrogens with zero attached hydrogens (tertiary/aromatic N) is 5. The summed E-state index contributed by atoms with van der Waals surface area (Å²) in [5.74, 6) is 2.16. The third-order valence-electron chi connectivity index (χ3n) is 2.62. The second-order valence-electron chi connectivity index (χ2n) is 3.77. The highest BCUT2D eigenvalue weighted by Gasteiger charge is 2.10. The third kappa shape index (κ3) is 1.74. The largest absolute Gasteiger partial charge is 0.334 e. The summed E-state index contributed by atoms with van der Waals surface area (Å²) in [4.78, 5) is 4.28. The van der Waals surface area contributed by atoms with Gasteiger partial charge in [0.1, 0.15) is 0 Å². The van der Waals surface area contributed by atoms with Crippen molar-refractivity contribution in [2.45, 2.75) is 19.2 Å². The highest BCUT2D eigenvalue weighted by atomic mass is 35.5. The number of halogens is 1. The summed E-state index contributed by atoms with van der Waals surface area (Å²) in [6.45, 7) is 1.98. The van der Waals surface area contributed by atoms with Crippen LogP contribution in [0.1, 0.15) is 18.6 Å². The van der Waals surface area contributed by atoms with E-state index < -0.39 is 0 Å². The minimum Gasteiger partial charge on any atom is -0.334 e. The van der Waals surface area contributed by atoms with Gasteiger partial charge in [-0.2, -0.15) is 4.98 Å². The van der Waals surface area contributed by atoms with Gasteiger partial charge in [0, 0.05) is 12.6 Å². The monoisotopic (exact) mass is 263 g/mol. The minimum absolute atomic E-state index is 0.300. The molecule has 0 aliphatic carbocycles. The van der Waals surface area contributed by atoms with Crippen LogP contribution in [0.5, 0.6) is 0 Å². The van der Waals surface area contributed by atoms with Crippen LogP contribution in [0.2, 0.25) is 0 Å². The Kier molecular flexibility index (Phi) is 2.71. The number of pyridine rings is 1. The van der Waals surface area contributed by atoms with E-state index in [4.69, 9.17) is 16.1 Å². The molecule has 0 fully saturated rings. The van der Waals surface area contributed by atoms with Crippen LogP contribution in [0.4, 0.5) is 0 Å². The topological polar surface area (TPSA) is 69.1 Å². The molecular formula is C11H10ClN5O. The van der Waals surface area contributed by atoms with Gasteiger partial charge in [0.05, 0.1) is 11.4 Å². The number of fused-ring (bicyclic) bond motifs is 1. The Labute approximate surface area is 108 Å². The lowest BCUT2D eigenvalue weighted by Gasteiger charge is -1.98. The Bertz CT molecular complexity index is 690. The number of alkyl halides is 1. The molecule has 0 spiro atoms. The third-order valence-corrected chi connectivity index (χ3v) is 2.86. The van der Waals surface area contributed by atoms with Gasteiger partial charge >= 0.3 is 0 Å². The number of aromatic nitrogens is 5. The molecule has 0 saturated carbocycles.